The quantitative estimate of drug-likeness (QED) is 0.413. The molecule has 0 aliphatic heterocycles. The molecule has 3 aromatic carbocycles. The predicted octanol–water partition coefficient (Wildman–Crippen LogP) is 4.42. The van der Waals surface area contributed by atoms with Crippen LogP contribution in [0.25, 0.3) is 21.5 Å². The van der Waals surface area contributed by atoms with Gasteiger partial charge in [-0.1, -0.05) is 48.0 Å². The lowest BCUT2D eigenvalue weighted by molar-refractivity contribution is 1.11. The van der Waals surface area contributed by atoms with Crippen LogP contribution >= 0.6 is 11.6 Å². The van der Waals surface area contributed by atoms with Crippen molar-refractivity contribution in [3.8, 4) is 0 Å². The lowest BCUT2D eigenvalue weighted by atomic mass is 10.0. The molecule has 0 aliphatic rings. The van der Waals surface area contributed by atoms with Crippen molar-refractivity contribution in [3.63, 3.8) is 0 Å². The molecule has 3 heteroatoms. The second-order valence-corrected chi connectivity index (χ2v) is 4.07. The van der Waals surface area contributed by atoms with Gasteiger partial charge in [-0.25, -0.2) is 0 Å². The normalized spacial score (nSPS) is 9.71. The van der Waals surface area contributed by atoms with Crippen LogP contribution in [0.15, 0.2) is 54.6 Å². The van der Waals surface area contributed by atoms with E-state index in [1.54, 1.807) is 0 Å². The molecule has 17 heavy (non-hydrogen) atoms. The highest BCUT2D eigenvalue weighted by molar-refractivity contribution is 6.35. The zero-order valence-corrected chi connectivity index (χ0v) is 11.4. The number of rotatable bonds is 0. The maximum atomic E-state index is 6.16. The molecule has 0 saturated heterocycles. The Morgan fingerprint density at radius 3 is 2.00 bits per heavy atom. The third kappa shape index (κ3) is 2.54. The fourth-order valence-electron chi connectivity index (χ4n) is 1.93. The molecule has 0 saturated carbocycles. The molecule has 0 aliphatic carbocycles. The highest BCUT2D eigenvalue weighted by atomic mass is 35.5. The molecule has 82 valence electrons. The molecule has 3 aromatic rings. The zero-order chi connectivity index (χ0) is 10.3. The first-order chi connectivity index (χ1) is 7.34. The van der Waals surface area contributed by atoms with Crippen LogP contribution in [0.5, 0.6) is 0 Å². The highest BCUT2D eigenvalue weighted by Gasteiger charge is 2.00. The van der Waals surface area contributed by atoms with Crippen LogP contribution in [-0.2, 0) is 0 Å². The van der Waals surface area contributed by atoms with Gasteiger partial charge in [-0.3, -0.25) is 4.70 Å². The zero-order valence-electron chi connectivity index (χ0n) is 9.19. The topological polar surface area (TPSA) is 0 Å². The summed E-state index contributed by atoms with van der Waals surface area (Å²) in [4.78, 5) is 0. The maximum Gasteiger partial charge on any atom is 0.0484 e. The molecule has 0 unspecified atom stereocenters. The van der Waals surface area contributed by atoms with E-state index in [2.05, 4.69) is 36.4 Å². The molecular formula is C14H10ClFMg. The van der Waals surface area contributed by atoms with Crippen molar-refractivity contribution in [2.45, 2.75) is 0 Å². The van der Waals surface area contributed by atoms with Crippen LogP contribution in [0.3, 0.4) is 0 Å². The second kappa shape index (κ2) is 5.67. The van der Waals surface area contributed by atoms with E-state index in [4.69, 9.17) is 11.6 Å². The molecule has 2 radical (unpaired) electrons. The summed E-state index contributed by atoms with van der Waals surface area (Å²) in [6, 6.07) is 18.7. The number of halogens is 2. The summed E-state index contributed by atoms with van der Waals surface area (Å²) in [5, 5.41) is 5.63. The molecular weight excluding hydrogens is 247 g/mol. The van der Waals surface area contributed by atoms with Gasteiger partial charge in [-0.05, 0) is 34.4 Å². The van der Waals surface area contributed by atoms with Crippen LogP contribution in [0.4, 0.5) is 4.70 Å². The van der Waals surface area contributed by atoms with E-state index in [0.717, 1.165) is 10.4 Å². The minimum atomic E-state index is 0. The standard InChI is InChI=1S/C14H9Cl.FH.Mg/c15-14-7-3-6-12-8-10-4-1-2-5-11(10)9-13(12)14;;/h1-9H;1H;. The van der Waals surface area contributed by atoms with Gasteiger partial charge in [0.05, 0.1) is 0 Å². The largest absolute Gasteiger partial charge is 0.269 e. The smallest absolute Gasteiger partial charge is 0.0484 e. The summed E-state index contributed by atoms with van der Waals surface area (Å²) in [6.45, 7) is 0. The van der Waals surface area contributed by atoms with Gasteiger partial charge in [0, 0.05) is 33.5 Å². The van der Waals surface area contributed by atoms with E-state index >= 15 is 0 Å². The van der Waals surface area contributed by atoms with Gasteiger partial charge in [0.15, 0.2) is 0 Å². The van der Waals surface area contributed by atoms with Crippen molar-refractivity contribution in [1.29, 1.82) is 0 Å². The molecule has 0 N–H and O–H groups in total. The first kappa shape index (κ1) is 14.2. The molecule has 0 spiro atoms. The Bertz CT molecular complexity index is 652. The lowest BCUT2D eigenvalue weighted by Crippen LogP contribution is -1.76. The Hall–Kier alpha value is -0.834. The van der Waals surface area contributed by atoms with Crippen molar-refractivity contribution >= 4 is 56.2 Å². The van der Waals surface area contributed by atoms with E-state index in [1.165, 1.54) is 16.2 Å². The summed E-state index contributed by atoms with van der Waals surface area (Å²) in [5.74, 6) is 0. The van der Waals surface area contributed by atoms with Crippen LogP contribution in [-0.4, -0.2) is 23.1 Å². The average molecular weight is 257 g/mol. The summed E-state index contributed by atoms with van der Waals surface area (Å²) >= 11 is 6.16. The van der Waals surface area contributed by atoms with E-state index < -0.39 is 0 Å². The first-order valence-electron chi connectivity index (χ1n) is 4.92. The highest BCUT2D eigenvalue weighted by Crippen LogP contribution is 2.27. The number of benzene rings is 3. The van der Waals surface area contributed by atoms with Crippen molar-refractivity contribution in [1.82, 2.24) is 0 Å². The van der Waals surface area contributed by atoms with Crippen molar-refractivity contribution in [2.24, 2.45) is 0 Å². The second-order valence-electron chi connectivity index (χ2n) is 3.66. The van der Waals surface area contributed by atoms with Crippen molar-refractivity contribution in [2.75, 3.05) is 0 Å². The minimum absolute atomic E-state index is 0. The van der Waals surface area contributed by atoms with E-state index in [-0.39, 0.29) is 27.8 Å². The number of hydrogen-bond acceptors (Lipinski definition) is 0. The SMILES string of the molecule is Clc1cccc2cc3ccccc3cc12.F.[Mg]. The summed E-state index contributed by atoms with van der Waals surface area (Å²) in [5.41, 5.74) is 0. The summed E-state index contributed by atoms with van der Waals surface area (Å²) in [7, 11) is 0. The Morgan fingerprint density at radius 1 is 0.706 bits per heavy atom. The number of hydrogen-bond donors (Lipinski definition) is 0. The molecule has 0 heterocycles. The van der Waals surface area contributed by atoms with Gasteiger partial charge >= 0.3 is 0 Å². The van der Waals surface area contributed by atoms with Gasteiger partial charge in [0.1, 0.15) is 0 Å². The van der Waals surface area contributed by atoms with Crippen LogP contribution < -0.4 is 0 Å². The van der Waals surface area contributed by atoms with Gasteiger partial charge in [-0.2, -0.15) is 0 Å². The van der Waals surface area contributed by atoms with Crippen LogP contribution in [0.2, 0.25) is 5.02 Å². The van der Waals surface area contributed by atoms with Gasteiger partial charge in [0.2, 0.25) is 0 Å². The fourth-order valence-corrected chi connectivity index (χ4v) is 2.17. The van der Waals surface area contributed by atoms with E-state index in [1.807, 2.05) is 18.2 Å². The maximum absolute atomic E-state index is 6.16. The summed E-state index contributed by atoms with van der Waals surface area (Å²) < 4.78 is 0. The predicted molar refractivity (Wildman–Crippen MR) is 74.7 cm³/mol. The molecule has 0 bridgehead atoms. The third-order valence-corrected chi connectivity index (χ3v) is 3.02. The van der Waals surface area contributed by atoms with Gasteiger partial charge in [0.25, 0.3) is 0 Å². The van der Waals surface area contributed by atoms with Gasteiger partial charge in [-0.15, -0.1) is 0 Å². The Labute approximate surface area is 120 Å². The van der Waals surface area contributed by atoms with Crippen molar-refractivity contribution in [3.05, 3.63) is 59.6 Å². The molecule has 0 aromatic heterocycles. The third-order valence-electron chi connectivity index (χ3n) is 2.69. The molecule has 0 amide bonds. The number of fused-ring (bicyclic) bond motifs is 2. The van der Waals surface area contributed by atoms with E-state index in [0.29, 0.717) is 0 Å². The lowest BCUT2D eigenvalue weighted by Gasteiger charge is -2.03. The average Bonchev–Trinajstić information content (AvgIpc) is 2.27. The Kier molecular flexibility index (Phi) is 4.75. The first-order valence-corrected chi connectivity index (χ1v) is 5.29. The van der Waals surface area contributed by atoms with Crippen molar-refractivity contribution < 1.29 is 4.70 Å². The Balaban J connectivity index is 0.000000722. The molecule has 3 rings (SSSR count). The fraction of sp³-hybridized carbons (Fsp3) is 0. The Morgan fingerprint density at radius 2 is 1.29 bits per heavy atom. The molecule has 0 atom stereocenters. The van der Waals surface area contributed by atoms with Gasteiger partial charge < -0.3 is 0 Å². The minimum Gasteiger partial charge on any atom is -0.269 e. The van der Waals surface area contributed by atoms with Crippen LogP contribution in [0, 0.1) is 0 Å². The monoisotopic (exact) mass is 256 g/mol. The summed E-state index contributed by atoms with van der Waals surface area (Å²) in [6.07, 6.45) is 0. The molecule has 0 fully saturated rings. The molecule has 0 nitrogen and oxygen atoms in total. The van der Waals surface area contributed by atoms with Crippen LogP contribution in [0.1, 0.15) is 0 Å². The van der Waals surface area contributed by atoms with E-state index in [9.17, 15) is 0 Å².